The van der Waals surface area contributed by atoms with Crippen LogP contribution in [0.5, 0.6) is 11.5 Å². The van der Waals surface area contributed by atoms with Crippen LogP contribution in [0.25, 0.3) is 11.8 Å². The van der Waals surface area contributed by atoms with E-state index in [9.17, 15) is 14.3 Å². The van der Waals surface area contributed by atoms with E-state index >= 15 is 0 Å². The molecule has 1 aromatic heterocycles. The normalized spacial score (nSPS) is 18.3. The molecule has 0 bridgehead atoms. The highest BCUT2D eigenvalue weighted by Crippen LogP contribution is 2.26. The van der Waals surface area contributed by atoms with E-state index in [0.717, 1.165) is 16.9 Å². The maximum atomic E-state index is 13.1. The molecule has 0 spiro atoms. The first-order chi connectivity index (χ1) is 16.5. The lowest BCUT2D eigenvalue weighted by Gasteiger charge is -2.38. The Morgan fingerprint density at radius 2 is 2.06 bits per heavy atom. The monoisotopic (exact) mass is 465 g/mol. The number of ether oxygens (including phenoxy) is 2. The molecular weight excluding hydrogens is 437 g/mol. The number of hydrogen-bond acceptors (Lipinski definition) is 5. The van der Waals surface area contributed by atoms with Gasteiger partial charge in [0.1, 0.15) is 23.4 Å². The minimum absolute atomic E-state index is 0.153. The Morgan fingerprint density at radius 1 is 1.26 bits per heavy atom. The van der Waals surface area contributed by atoms with Crippen molar-refractivity contribution < 1.29 is 23.8 Å². The number of nitrogens with zero attached hydrogens (tertiary/aromatic N) is 3. The van der Waals surface area contributed by atoms with Crippen molar-refractivity contribution in [2.75, 3.05) is 20.3 Å². The molecule has 1 N–H and O–H groups in total. The molecule has 1 amide bonds. The van der Waals surface area contributed by atoms with Crippen LogP contribution in [0.4, 0.5) is 4.39 Å². The molecule has 0 saturated carbocycles. The summed E-state index contributed by atoms with van der Waals surface area (Å²) in [4.78, 5) is 18.8. The van der Waals surface area contributed by atoms with Crippen LogP contribution in [0.2, 0.25) is 0 Å². The highest BCUT2D eigenvalue weighted by Gasteiger charge is 2.31. The van der Waals surface area contributed by atoms with Crippen molar-refractivity contribution in [3.05, 3.63) is 78.1 Å². The molecular formula is C26H28FN3O4. The van der Waals surface area contributed by atoms with Gasteiger partial charge in [-0.3, -0.25) is 4.79 Å². The molecule has 1 fully saturated rings. The number of amides is 1. The Hall–Kier alpha value is -3.65. The van der Waals surface area contributed by atoms with Crippen LogP contribution in [0, 0.1) is 12.7 Å². The smallest absolute Gasteiger partial charge is 0.246 e. The van der Waals surface area contributed by atoms with Crippen LogP contribution < -0.4 is 9.47 Å². The van der Waals surface area contributed by atoms with Crippen LogP contribution >= 0.6 is 0 Å². The van der Waals surface area contributed by atoms with Crippen LogP contribution in [0.15, 0.2) is 61.1 Å². The summed E-state index contributed by atoms with van der Waals surface area (Å²) < 4.78 is 26.4. The van der Waals surface area contributed by atoms with Gasteiger partial charge in [0, 0.05) is 31.7 Å². The lowest BCUT2D eigenvalue weighted by molar-refractivity contribution is -0.132. The number of aliphatic hydroxyl groups is 1. The fourth-order valence-electron chi connectivity index (χ4n) is 4.12. The predicted molar refractivity (Wildman–Crippen MR) is 127 cm³/mol. The number of methoxy groups -OCH3 is 1. The number of aromatic nitrogens is 2. The number of carbonyl (C=O) groups is 1. The summed E-state index contributed by atoms with van der Waals surface area (Å²) in [5.74, 6) is 0.745. The van der Waals surface area contributed by atoms with E-state index in [0.29, 0.717) is 30.9 Å². The Kier molecular flexibility index (Phi) is 7.27. The van der Waals surface area contributed by atoms with Gasteiger partial charge in [0.2, 0.25) is 5.91 Å². The second kappa shape index (κ2) is 10.5. The number of hydrogen-bond donors (Lipinski definition) is 1. The highest BCUT2D eigenvalue weighted by molar-refractivity contribution is 5.92. The number of halogens is 1. The Morgan fingerprint density at radius 3 is 2.74 bits per heavy atom. The third-order valence-electron chi connectivity index (χ3n) is 5.89. The average molecular weight is 466 g/mol. The zero-order valence-corrected chi connectivity index (χ0v) is 19.2. The summed E-state index contributed by atoms with van der Waals surface area (Å²) in [6.45, 7) is 2.22. The lowest BCUT2D eigenvalue weighted by atomic mass is 9.99. The molecule has 1 saturated heterocycles. The molecule has 1 aliphatic rings. The van der Waals surface area contributed by atoms with Crippen molar-refractivity contribution in [2.24, 2.45) is 0 Å². The molecule has 3 aromatic rings. The molecule has 2 heterocycles. The van der Waals surface area contributed by atoms with Crippen molar-refractivity contribution >= 4 is 12.0 Å². The number of carbonyl (C=O) groups excluding carboxylic acids is 1. The molecule has 0 aliphatic carbocycles. The quantitative estimate of drug-likeness (QED) is 0.538. The maximum absolute atomic E-state index is 13.1. The number of aryl methyl sites for hydroxylation is 1. The first-order valence-electron chi connectivity index (χ1n) is 11.2. The minimum Gasteiger partial charge on any atom is -0.495 e. The fraction of sp³-hybridized carbons (Fsp3) is 0.308. The summed E-state index contributed by atoms with van der Waals surface area (Å²) in [7, 11) is 1.60. The third-order valence-corrected chi connectivity index (χ3v) is 5.89. The zero-order chi connectivity index (χ0) is 24.1. The molecule has 4 rings (SSSR count). The lowest BCUT2D eigenvalue weighted by Crippen LogP contribution is -2.50. The number of piperidine rings is 1. The molecule has 0 radical (unpaired) electrons. The van der Waals surface area contributed by atoms with E-state index in [1.165, 1.54) is 18.2 Å². The van der Waals surface area contributed by atoms with Crippen molar-refractivity contribution in [3.63, 3.8) is 0 Å². The third kappa shape index (κ3) is 5.46. The Bertz CT molecular complexity index is 1160. The Balaban J connectivity index is 1.40. The van der Waals surface area contributed by atoms with E-state index in [4.69, 9.17) is 9.47 Å². The van der Waals surface area contributed by atoms with Crippen molar-refractivity contribution in [3.8, 4) is 17.2 Å². The van der Waals surface area contributed by atoms with E-state index < -0.39 is 0 Å². The summed E-state index contributed by atoms with van der Waals surface area (Å²) in [5, 5.41) is 9.88. The fourth-order valence-corrected chi connectivity index (χ4v) is 4.12. The first kappa shape index (κ1) is 23.5. The summed E-state index contributed by atoms with van der Waals surface area (Å²) in [6.07, 6.45) is 7.86. The van der Waals surface area contributed by atoms with Gasteiger partial charge in [-0.25, -0.2) is 9.37 Å². The topological polar surface area (TPSA) is 76.8 Å². The zero-order valence-electron chi connectivity index (χ0n) is 19.2. The van der Waals surface area contributed by atoms with E-state index in [-0.39, 0.29) is 30.5 Å². The molecule has 7 nitrogen and oxygen atoms in total. The molecule has 2 aromatic carbocycles. The van der Waals surface area contributed by atoms with Gasteiger partial charge >= 0.3 is 0 Å². The van der Waals surface area contributed by atoms with Gasteiger partial charge in [-0.15, -0.1) is 0 Å². The number of aliphatic hydroxyl groups excluding tert-OH is 1. The molecule has 34 heavy (non-hydrogen) atoms. The van der Waals surface area contributed by atoms with Crippen LogP contribution in [0.1, 0.15) is 24.1 Å². The van der Waals surface area contributed by atoms with Crippen molar-refractivity contribution in [2.45, 2.75) is 31.9 Å². The molecule has 1 aliphatic heterocycles. The standard InChI is InChI=1S/C26H28FN3O4/c1-18-15-29(17-28-18)24-9-3-19(13-25(24)33-2)4-10-26(32)30-12-11-23(14-21(30)16-31)34-22-7-5-20(27)6-8-22/h3-10,13,15,17,21,23,31H,11-12,14,16H2,1-2H3/t21-,23-/m0/s1. The molecule has 2 atom stereocenters. The van der Waals surface area contributed by atoms with Gasteiger partial charge in [-0.2, -0.15) is 0 Å². The highest BCUT2D eigenvalue weighted by atomic mass is 19.1. The second-order valence-electron chi connectivity index (χ2n) is 8.27. The maximum Gasteiger partial charge on any atom is 0.246 e. The predicted octanol–water partition coefficient (Wildman–Crippen LogP) is 3.77. The van der Waals surface area contributed by atoms with Gasteiger partial charge in [-0.05, 0) is 55.0 Å². The minimum atomic E-state index is -0.349. The summed E-state index contributed by atoms with van der Waals surface area (Å²) >= 11 is 0. The molecule has 8 heteroatoms. The number of imidazole rings is 1. The van der Waals surface area contributed by atoms with Crippen LogP contribution in [0.3, 0.4) is 0 Å². The largest absolute Gasteiger partial charge is 0.495 e. The summed E-state index contributed by atoms with van der Waals surface area (Å²) in [5.41, 5.74) is 2.58. The second-order valence-corrected chi connectivity index (χ2v) is 8.27. The van der Waals surface area contributed by atoms with Gasteiger partial charge in [0.25, 0.3) is 0 Å². The first-order valence-corrected chi connectivity index (χ1v) is 11.2. The van der Waals surface area contributed by atoms with E-state index in [1.54, 1.807) is 36.5 Å². The van der Waals surface area contributed by atoms with Gasteiger partial charge < -0.3 is 24.0 Å². The van der Waals surface area contributed by atoms with Crippen molar-refractivity contribution in [1.82, 2.24) is 14.5 Å². The Labute approximate surface area is 198 Å². The van der Waals surface area contributed by atoms with Crippen LogP contribution in [-0.2, 0) is 4.79 Å². The van der Waals surface area contributed by atoms with E-state index in [2.05, 4.69) is 4.98 Å². The number of benzene rings is 2. The number of likely N-dealkylation sites (tertiary alicyclic amines) is 1. The SMILES string of the molecule is COc1cc(C=CC(=O)N2CC[C@H](Oc3ccc(F)cc3)C[C@H]2CO)ccc1-n1cnc(C)c1. The van der Waals surface area contributed by atoms with Gasteiger partial charge in [-0.1, -0.05) is 6.07 Å². The van der Waals surface area contributed by atoms with E-state index in [1.807, 2.05) is 35.9 Å². The van der Waals surface area contributed by atoms with Gasteiger partial charge in [0.05, 0.1) is 37.5 Å². The van der Waals surface area contributed by atoms with Crippen molar-refractivity contribution in [1.29, 1.82) is 0 Å². The molecule has 0 unspecified atom stereocenters. The molecule has 178 valence electrons. The van der Waals surface area contributed by atoms with Gasteiger partial charge in [0.15, 0.2) is 0 Å². The average Bonchev–Trinajstić information content (AvgIpc) is 3.29. The summed E-state index contributed by atoms with van der Waals surface area (Å²) in [6, 6.07) is 11.2. The van der Waals surface area contributed by atoms with Crippen LogP contribution in [-0.4, -0.2) is 57.9 Å². The number of rotatable bonds is 7.